The van der Waals surface area contributed by atoms with Crippen molar-refractivity contribution < 1.29 is 34.2 Å². The van der Waals surface area contributed by atoms with Crippen molar-refractivity contribution in [3.05, 3.63) is 0 Å². The molecule has 0 spiro atoms. The molecular formula is C29H47N2O6+. The van der Waals surface area contributed by atoms with E-state index in [4.69, 9.17) is 14.2 Å². The maximum absolute atomic E-state index is 14.0. The van der Waals surface area contributed by atoms with Gasteiger partial charge < -0.3 is 24.6 Å². The minimum absolute atomic E-state index is 0.0102. The number of quaternary nitrogens is 1. The summed E-state index contributed by atoms with van der Waals surface area (Å²) in [6.07, 6.45) is 9.93. The molecule has 8 unspecified atom stereocenters. The van der Waals surface area contributed by atoms with E-state index in [2.05, 4.69) is 10.2 Å². The van der Waals surface area contributed by atoms with Crippen molar-refractivity contribution in [3.63, 3.8) is 0 Å². The summed E-state index contributed by atoms with van der Waals surface area (Å²) in [4.78, 5) is 29.5. The van der Waals surface area contributed by atoms with Crippen LogP contribution in [0.2, 0.25) is 0 Å². The Morgan fingerprint density at radius 1 is 1.00 bits per heavy atom. The van der Waals surface area contributed by atoms with Crippen LogP contribution in [0, 0.1) is 35.5 Å². The number of nitrogens with zero attached hydrogens (tertiary/aromatic N) is 1. The first-order valence-electron chi connectivity index (χ1n) is 15.2. The van der Waals surface area contributed by atoms with Crippen LogP contribution in [0.1, 0.15) is 70.6 Å². The molecule has 0 radical (unpaired) electrons. The van der Waals surface area contributed by atoms with Crippen LogP contribution >= 0.6 is 0 Å². The highest BCUT2D eigenvalue weighted by atomic mass is 16.6. The number of likely N-dealkylation sites (tertiary alicyclic amines) is 1. The largest absolute Gasteiger partial charge is 0.462 e. The molecule has 4 heterocycles. The van der Waals surface area contributed by atoms with Crippen molar-refractivity contribution in [3.8, 4) is 0 Å². The van der Waals surface area contributed by atoms with E-state index in [0.29, 0.717) is 43.6 Å². The maximum atomic E-state index is 14.0. The third kappa shape index (κ3) is 5.02. The van der Waals surface area contributed by atoms with Crippen LogP contribution in [-0.2, 0) is 23.8 Å². The lowest BCUT2D eigenvalue weighted by molar-refractivity contribution is -0.727. The number of piperidine rings is 2. The number of esters is 1. The molecule has 6 aliphatic rings. The Morgan fingerprint density at radius 2 is 1.78 bits per heavy atom. The first-order chi connectivity index (χ1) is 18.0. The molecule has 4 saturated heterocycles. The van der Waals surface area contributed by atoms with Gasteiger partial charge in [-0.1, -0.05) is 6.42 Å². The minimum Gasteiger partial charge on any atom is -0.462 e. The van der Waals surface area contributed by atoms with Crippen LogP contribution in [0.3, 0.4) is 0 Å². The van der Waals surface area contributed by atoms with E-state index in [1.165, 1.54) is 19.3 Å². The van der Waals surface area contributed by atoms with Crippen molar-refractivity contribution in [1.29, 1.82) is 0 Å². The Morgan fingerprint density at radius 3 is 2.54 bits per heavy atom. The lowest BCUT2D eigenvalue weighted by Gasteiger charge is -2.55. The number of methoxy groups -OCH3 is 1. The predicted octanol–water partition coefficient (Wildman–Crippen LogP) is 1.49. The molecule has 6 rings (SSSR count). The number of carbonyl (C=O) groups excluding carboxylic acids is 2. The van der Waals surface area contributed by atoms with Crippen LogP contribution in [0.25, 0.3) is 0 Å². The fourth-order valence-electron chi connectivity index (χ4n) is 9.14. The van der Waals surface area contributed by atoms with E-state index in [-0.39, 0.29) is 41.7 Å². The van der Waals surface area contributed by atoms with Gasteiger partial charge in [0.15, 0.2) is 0 Å². The topological polar surface area (TPSA) is 102 Å². The van der Waals surface area contributed by atoms with E-state index in [9.17, 15) is 14.7 Å². The number of aliphatic hydroxyl groups is 1. The second-order valence-corrected chi connectivity index (χ2v) is 12.8. The number of carbonyl (C=O) groups is 2. The van der Waals surface area contributed by atoms with Gasteiger partial charge in [0.1, 0.15) is 18.1 Å². The first-order valence-corrected chi connectivity index (χ1v) is 15.2. The maximum Gasteiger partial charge on any atom is 0.306 e. The van der Waals surface area contributed by atoms with Gasteiger partial charge in [-0.3, -0.25) is 14.5 Å². The molecular weight excluding hydrogens is 472 g/mol. The number of ether oxygens (including phenoxy) is 3. The Labute approximate surface area is 221 Å². The van der Waals surface area contributed by atoms with Crippen LogP contribution in [0.4, 0.5) is 0 Å². The molecule has 9 atom stereocenters. The van der Waals surface area contributed by atoms with Gasteiger partial charge in [-0.25, -0.2) is 0 Å². The average molecular weight is 520 g/mol. The second-order valence-electron chi connectivity index (χ2n) is 12.8. The van der Waals surface area contributed by atoms with Crippen LogP contribution in [0.5, 0.6) is 0 Å². The first kappa shape index (κ1) is 26.2. The van der Waals surface area contributed by atoms with Gasteiger partial charge in [-0.15, -0.1) is 0 Å². The quantitative estimate of drug-likeness (QED) is 0.543. The second kappa shape index (κ2) is 11.2. The number of fused-ring (bicyclic) bond motifs is 3. The fraction of sp³-hybridized carbons (Fsp3) is 0.931. The molecule has 6 fully saturated rings. The monoisotopic (exact) mass is 519 g/mol. The SMILES string of the molecule is COC1CCC(C2COC3C(C2=O)C(O)CC2OC(=O)C[C@@H](C4CCC[NH2+]C4N4CCCCC4)C23)CC1. The van der Waals surface area contributed by atoms with Gasteiger partial charge >= 0.3 is 5.97 Å². The molecule has 8 nitrogen and oxygen atoms in total. The summed E-state index contributed by atoms with van der Waals surface area (Å²) >= 11 is 0. The van der Waals surface area contributed by atoms with Crippen molar-refractivity contribution in [1.82, 2.24) is 4.90 Å². The van der Waals surface area contributed by atoms with Crippen molar-refractivity contribution in [2.45, 2.75) is 101 Å². The number of hydrogen-bond acceptors (Lipinski definition) is 7. The van der Waals surface area contributed by atoms with Gasteiger partial charge in [0.25, 0.3) is 0 Å². The highest BCUT2D eigenvalue weighted by Crippen LogP contribution is 2.50. The van der Waals surface area contributed by atoms with Gasteiger partial charge in [-0.2, -0.15) is 0 Å². The zero-order valence-electron chi connectivity index (χ0n) is 22.5. The summed E-state index contributed by atoms with van der Waals surface area (Å²) in [6, 6.07) is 0. The third-order valence-electron chi connectivity index (χ3n) is 11.0. The molecule has 2 aliphatic carbocycles. The normalized spacial score (nSPS) is 47.6. The minimum atomic E-state index is -0.806. The highest BCUT2D eigenvalue weighted by molar-refractivity contribution is 5.86. The highest BCUT2D eigenvalue weighted by Gasteiger charge is 2.60. The van der Waals surface area contributed by atoms with Crippen molar-refractivity contribution in [2.75, 3.05) is 33.4 Å². The van der Waals surface area contributed by atoms with Crippen LogP contribution in [0.15, 0.2) is 0 Å². The Balaban J connectivity index is 1.23. The van der Waals surface area contributed by atoms with Crippen molar-refractivity contribution in [2.24, 2.45) is 35.5 Å². The number of ketones is 1. The third-order valence-corrected chi connectivity index (χ3v) is 11.0. The molecule has 8 heteroatoms. The van der Waals surface area contributed by atoms with Gasteiger partial charge in [0.05, 0.1) is 37.4 Å². The van der Waals surface area contributed by atoms with E-state index in [0.717, 1.165) is 58.2 Å². The molecule has 0 aromatic rings. The smallest absolute Gasteiger partial charge is 0.306 e. The molecule has 3 N–H and O–H groups in total. The lowest BCUT2D eigenvalue weighted by Crippen LogP contribution is -2.97. The fourth-order valence-corrected chi connectivity index (χ4v) is 9.14. The number of Topliss-reactive ketones (excluding diaryl/α,β-unsaturated/α-hetero) is 1. The van der Waals surface area contributed by atoms with Crippen molar-refractivity contribution >= 4 is 11.8 Å². The molecule has 4 aliphatic heterocycles. The van der Waals surface area contributed by atoms with E-state index >= 15 is 0 Å². The zero-order valence-corrected chi connectivity index (χ0v) is 22.5. The number of nitrogens with two attached hydrogens (primary N) is 1. The Kier molecular flexibility index (Phi) is 7.93. The van der Waals surface area contributed by atoms with Gasteiger partial charge in [0, 0.05) is 50.8 Å². The van der Waals surface area contributed by atoms with E-state index < -0.39 is 12.0 Å². The molecule has 0 aromatic carbocycles. The van der Waals surface area contributed by atoms with E-state index in [1.54, 1.807) is 7.11 Å². The summed E-state index contributed by atoms with van der Waals surface area (Å²) in [6.45, 7) is 3.84. The Bertz CT molecular complexity index is 825. The molecule has 2 saturated carbocycles. The summed E-state index contributed by atoms with van der Waals surface area (Å²) in [7, 11) is 1.77. The predicted molar refractivity (Wildman–Crippen MR) is 135 cm³/mol. The lowest BCUT2D eigenvalue weighted by atomic mass is 9.59. The average Bonchev–Trinajstić information content (AvgIpc) is 2.93. The van der Waals surface area contributed by atoms with Gasteiger partial charge in [-0.05, 0) is 63.2 Å². The molecule has 208 valence electrons. The zero-order chi connectivity index (χ0) is 25.5. The Hall–Kier alpha value is -1.06. The number of rotatable bonds is 4. The number of aliphatic hydroxyl groups excluding tert-OH is 1. The molecule has 37 heavy (non-hydrogen) atoms. The van der Waals surface area contributed by atoms with Gasteiger partial charge in [0.2, 0.25) is 0 Å². The summed E-state index contributed by atoms with van der Waals surface area (Å²) in [5.41, 5.74) is 0. The number of hydrogen-bond donors (Lipinski definition) is 2. The summed E-state index contributed by atoms with van der Waals surface area (Å²) in [5.74, 6) is 0.223. The molecule has 0 bridgehead atoms. The summed E-state index contributed by atoms with van der Waals surface area (Å²) < 4.78 is 18.0. The standard InChI is InChI=1S/C29H46N2O6/c1-35-18-9-7-17(8-10-18)21-16-36-28-25-20(14-24(33)37-23(25)15-22(32)26(28)27(21)34)19-6-5-11-30-29(19)31-12-3-2-4-13-31/h17-23,25-26,28-30,32H,2-16H2,1H3/p+1/t17?,18?,19?,20-,21?,22?,23?,25?,26?,28?,29?/m0/s1. The van der Waals surface area contributed by atoms with E-state index in [1.807, 2.05) is 0 Å². The van der Waals surface area contributed by atoms with Crippen LogP contribution < -0.4 is 5.32 Å². The molecule has 0 aromatic heterocycles. The summed E-state index contributed by atoms with van der Waals surface area (Å²) in [5, 5.41) is 13.7. The molecule has 0 amide bonds. The van der Waals surface area contributed by atoms with Crippen LogP contribution in [-0.4, -0.2) is 85.7 Å².